The maximum Gasteiger partial charge on any atom is 0.189 e. The number of aromatic hydroxyl groups is 1. The summed E-state index contributed by atoms with van der Waals surface area (Å²) in [6.45, 7) is 0. The Hall–Kier alpha value is -2.06. The van der Waals surface area contributed by atoms with Gasteiger partial charge in [-0.05, 0) is 35.9 Å². The Balaban J connectivity index is 2.23. The van der Waals surface area contributed by atoms with Gasteiger partial charge in [0.25, 0.3) is 0 Å². The van der Waals surface area contributed by atoms with Crippen molar-refractivity contribution < 1.29 is 9.90 Å². The SMILES string of the molecule is O=C(/C=C/c1ccccc1Cl)c1ccccc1O. The minimum absolute atomic E-state index is 0.0219. The van der Waals surface area contributed by atoms with Crippen LogP contribution >= 0.6 is 11.6 Å². The lowest BCUT2D eigenvalue weighted by molar-refractivity contribution is 0.104. The number of carbonyl (C=O) groups is 1. The van der Waals surface area contributed by atoms with E-state index in [0.717, 1.165) is 5.56 Å². The summed E-state index contributed by atoms with van der Waals surface area (Å²) < 4.78 is 0. The molecule has 0 fully saturated rings. The molecule has 2 rings (SSSR count). The van der Waals surface area contributed by atoms with Crippen LogP contribution < -0.4 is 0 Å². The van der Waals surface area contributed by atoms with Crippen LogP contribution in [0.4, 0.5) is 0 Å². The third kappa shape index (κ3) is 2.79. The predicted octanol–water partition coefficient (Wildman–Crippen LogP) is 3.94. The van der Waals surface area contributed by atoms with Crippen LogP contribution in [0, 0.1) is 0 Å². The van der Waals surface area contributed by atoms with Crippen LogP contribution in [0.3, 0.4) is 0 Å². The molecule has 2 aromatic carbocycles. The summed E-state index contributed by atoms with van der Waals surface area (Å²) in [6.07, 6.45) is 3.04. The Kier molecular flexibility index (Phi) is 3.80. The highest BCUT2D eigenvalue weighted by Gasteiger charge is 2.06. The fourth-order valence-corrected chi connectivity index (χ4v) is 1.75. The van der Waals surface area contributed by atoms with Gasteiger partial charge in [-0.3, -0.25) is 4.79 Å². The summed E-state index contributed by atoms with van der Waals surface area (Å²) in [5.41, 5.74) is 1.05. The van der Waals surface area contributed by atoms with E-state index in [0.29, 0.717) is 5.02 Å². The summed E-state index contributed by atoms with van der Waals surface area (Å²) in [6, 6.07) is 13.7. The van der Waals surface area contributed by atoms with Gasteiger partial charge in [-0.2, -0.15) is 0 Å². The largest absolute Gasteiger partial charge is 0.507 e. The zero-order valence-electron chi connectivity index (χ0n) is 9.51. The van der Waals surface area contributed by atoms with Gasteiger partial charge in [0.2, 0.25) is 0 Å². The lowest BCUT2D eigenvalue weighted by Gasteiger charge is -1.99. The lowest BCUT2D eigenvalue weighted by Crippen LogP contribution is -1.94. The second-order valence-electron chi connectivity index (χ2n) is 3.74. The highest BCUT2D eigenvalue weighted by Crippen LogP contribution is 2.19. The maximum atomic E-state index is 11.9. The van der Waals surface area contributed by atoms with E-state index in [1.54, 1.807) is 30.3 Å². The van der Waals surface area contributed by atoms with Crippen molar-refractivity contribution >= 4 is 23.5 Å². The van der Waals surface area contributed by atoms with Crippen molar-refractivity contribution in [1.82, 2.24) is 0 Å². The van der Waals surface area contributed by atoms with Crippen LogP contribution in [0.1, 0.15) is 15.9 Å². The van der Waals surface area contributed by atoms with Crippen molar-refractivity contribution in [3.05, 3.63) is 70.8 Å². The first kappa shape index (κ1) is 12.4. The van der Waals surface area contributed by atoms with Crippen LogP contribution in [-0.4, -0.2) is 10.9 Å². The normalized spacial score (nSPS) is 10.7. The molecule has 0 atom stereocenters. The van der Waals surface area contributed by atoms with Crippen LogP contribution in [0.25, 0.3) is 6.08 Å². The monoisotopic (exact) mass is 258 g/mol. The van der Waals surface area contributed by atoms with E-state index in [2.05, 4.69) is 0 Å². The van der Waals surface area contributed by atoms with Gasteiger partial charge in [-0.1, -0.05) is 41.9 Å². The zero-order chi connectivity index (χ0) is 13.0. The molecule has 90 valence electrons. The Morgan fingerprint density at radius 1 is 1.06 bits per heavy atom. The van der Waals surface area contributed by atoms with E-state index in [-0.39, 0.29) is 17.1 Å². The maximum absolute atomic E-state index is 11.9. The topological polar surface area (TPSA) is 37.3 Å². The molecule has 0 amide bonds. The van der Waals surface area contributed by atoms with E-state index in [1.807, 2.05) is 18.2 Å². The number of phenols is 1. The molecule has 0 heterocycles. The number of para-hydroxylation sites is 1. The van der Waals surface area contributed by atoms with Crippen molar-refractivity contribution in [3.63, 3.8) is 0 Å². The average molecular weight is 259 g/mol. The molecule has 0 unspecified atom stereocenters. The molecule has 0 saturated heterocycles. The van der Waals surface area contributed by atoms with Crippen LogP contribution in [0.5, 0.6) is 5.75 Å². The molecule has 0 bridgehead atoms. The van der Waals surface area contributed by atoms with Crippen molar-refractivity contribution in [1.29, 1.82) is 0 Å². The quantitative estimate of drug-likeness (QED) is 0.669. The third-order valence-corrected chi connectivity index (χ3v) is 2.83. The third-order valence-electron chi connectivity index (χ3n) is 2.49. The molecule has 0 radical (unpaired) electrons. The van der Waals surface area contributed by atoms with E-state index in [1.165, 1.54) is 12.1 Å². The molecule has 18 heavy (non-hydrogen) atoms. The fourth-order valence-electron chi connectivity index (χ4n) is 1.55. The number of carbonyl (C=O) groups excluding carboxylic acids is 1. The molecule has 0 aliphatic rings. The zero-order valence-corrected chi connectivity index (χ0v) is 10.3. The molecule has 3 heteroatoms. The molecule has 0 aromatic heterocycles. The standard InChI is InChI=1S/C15H11ClO2/c16-13-7-3-1-5-11(13)9-10-15(18)12-6-2-4-8-14(12)17/h1-10,17H/b10-9+. The Labute approximate surface area is 110 Å². The lowest BCUT2D eigenvalue weighted by atomic mass is 10.1. The number of halogens is 1. The molecular formula is C15H11ClO2. The van der Waals surface area contributed by atoms with Gasteiger partial charge in [-0.25, -0.2) is 0 Å². The minimum atomic E-state index is -0.256. The number of allylic oxidation sites excluding steroid dienone is 1. The second kappa shape index (κ2) is 5.52. The van der Waals surface area contributed by atoms with Crippen molar-refractivity contribution in [2.24, 2.45) is 0 Å². The average Bonchev–Trinajstić information content (AvgIpc) is 2.38. The molecule has 2 aromatic rings. The van der Waals surface area contributed by atoms with Gasteiger partial charge in [-0.15, -0.1) is 0 Å². The van der Waals surface area contributed by atoms with E-state index in [4.69, 9.17) is 11.6 Å². The summed E-state index contributed by atoms with van der Waals surface area (Å²) in [4.78, 5) is 11.9. The summed E-state index contributed by atoms with van der Waals surface area (Å²) in [5, 5.41) is 10.1. The van der Waals surface area contributed by atoms with Gasteiger partial charge in [0.1, 0.15) is 5.75 Å². The fraction of sp³-hybridized carbons (Fsp3) is 0. The van der Waals surface area contributed by atoms with Crippen molar-refractivity contribution in [3.8, 4) is 5.75 Å². The predicted molar refractivity (Wildman–Crippen MR) is 72.9 cm³/mol. The number of hydrogen-bond donors (Lipinski definition) is 1. The number of benzene rings is 2. The minimum Gasteiger partial charge on any atom is -0.507 e. The van der Waals surface area contributed by atoms with Crippen LogP contribution in [0.15, 0.2) is 54.6 Å². The Morgan fingerprint density at radius 2 is 1.72 bits per heavy atom. The van der Waals surface area contributed by atoms with E-state index in [9.17, 15) is 9.90 Å². The summed E-state index contributed by atoms with van der Waals surface area (Å²) >= 11 is 5.97. The van der Waals surface area contributed by atoms with Gasteiger partial charge in [0.15, 0.2) is 5.78 Å². The van der Waals surface area contributed by atoms with Gasteiger partial charge in [0.05, 0.1) is 5.56 Å². The van der Waals surface area contributed by atoms with Gasteiger partial charge < -0.3 is 5.11 Å². The number of phenolic OH excluding ortho intramolecular Hbond substituents is 1. The van der Waals surface area contributed by atoms with Crippen LogP contribution in [-0.2, 0) is 0 Å². The molecule has 0 saturated carbocycles. The van der Waals surface area contributed by atoms with Crippen molar-refractivity contribution in [2.45, 2.75) is 0 Å². The molecule has 1 N–H and O–H groups in total. The first-order chi connectivity index (χ1) is 8.68. The van der Waals surface area contributed by atoms with Gasteiger partial charge >= 0.3 is 0 Å². The summed E-state index contributed by atoms with van der Waals surface area (Å²) in [7, 11) is 0. The number of ketones is 1. The van der Waals surface area contributed by atoms with Crippen LogP contribution in [0.2, 0.25) is 5.02 Å². The second-order valence-corrected chi connectivity index (χ2v) is 4.14. The smallest absolute Gasteiger partial charge is 0.189 e. The molecule has 2 nitrogen and oxygen atoms in total. The molecule has 0 aliphatic heterocycles. The van der Waals surface area contributed by atoms with E-state index >= 15 is 0 Å². The van der Waals surface area contributed by atoms with Crippen molar-refractivity contribution in [2.75, 3.05) is 0 Å². The number of rotatable bonds is 3. The Bertz CT molecular complexity index is 603. The van der Waals surface area contributed by atoms with E-state index < -0.39 is 0 Å². The molecular weight excluding hydrogens is 248 g/mol. The Morgan fingerprint density at radius 3 is 2.44 bits per heavy atom. The highest BCUT2D eigenvalue weighted by atomic mass is 35.5. The summed E-state index contributed by atoms with van der Waals surface area (Å²) in [5.74, 6) is -0.278. The highest BCUT2D eigenvalue weighted by molar-refractivity contribution is 6.32. The number of hydrogen-bond acceptors (Lipinski definition) is 2. The van der Waals surface area contributed by atoms with Gasteiger partial charge in [0, 0.05) is 5.02 Å². The first-order valence-corrected chi connectivity index (χ1v) is 5.81. The first-order valence-electron chi connectivity index (χ1n) is 5.43. The molecule has 0 spiro atoms. The molecule has 0 aliphatic carbocycles.